The average Bonchev–Trinajstić information content (AvgIpc) is 3.13. The van der Waals surface area contributed by atoms with E-state index in [0.29, 0.717) is 13.2 Å². The molecule has 5 rings (SSSR count). The van der Waals surface area contributed by atoms with Crippen molar-refractivity contribution in [3.05, 3.63) is 0 Å². The molecule has 8 atom stereocenters. The second kappa shape index (κ2) is 4.65. The van der Waals surface area contributed by atoms with Crippen LogP contribution in [-0.4, -0.2) is 72.8 Å². The van der Waals surface area contributed by atoms with Crippen molar-refractivity contribution in [1.29, 1.82) is 0 Å². The molecule has 5 heterocycles. The first kappa shape index (κ1) is 14.6. The Morgan fingerprint density at radius 2 is 2.04 bits per heavy atom. The standard InChI is InChI=1S/C15H21NO7/c1-6(17)19-13-9-10-12-7(21-15(2,3)22-12)4-16(10)23-11(9)8-5-18-14(13)20-8/h7-14H,4-5H2,1-3H3/t7-,8-,9-,10+,11-,12-,13-,14-/m1/s1. The van der Waals surface area contributed by atoms with Gasteiger partial charge < -0.3 is 23.7 Å². The van der Waals surface area contributed by atoms with Crippen LogP contribution in [0, 0.1) is 5.92 Å². The van der Waals surface area contributed by atoms with Gasteiger partial charge in [-0.3, -0.25) is 9.63 Å². The fourth-order valence-electron chi connectivity index (χ4n) is 4.69. The van der Waals surface area contributed by atoms with Crippen LogP contribution in [0.25, 0.3) is 0 Å². The number of carbonyl (C=O) groups is 1. The third-order valence-electron chi connectivity index (χ3n) is 5.33. The van der Waals surface area contributed by atoms with Crippen molar-refractivity contribution in [2.75, 3.05) is 13.2 Å². The second-order valence-electron chi connectivity index (χ2n) is 7.33. The largest absolute Gasteiger partial charge is 0.457 e. The predicted octanol–water partition coefficient (Wildman–Crippen LogP) is -0.192. The summed E-state index contributed by atoms with van der Waals surface area (Å²) in [6.07, 6.45) is -1.46. The molecule has 0 N–H and O–H groups in total. The number of rotatable bonds is 1. The zero-order chi connectivity index (χ0) is 15.9. The van der Waals surface area contributed by atoms with Crippen molar-refractivity contribution in [3.8, 4) is 0 Å². The molecule has 0 spiro atoms. The maximum atomic E-state index is 11.6. The van der Waals surface area contributed by atoms with Crippen molar-refractivity contribution in [1.82, 2.24) is 5.06 Å². The average molecular weight is 327 g/mol. The third kappa shape index (κ3) is 2.03. The normalized spacial score (nSPS) is 53.0. The Morgan fingerprint density at radius 3 is 2.83 bits per heavy atom. The molecule has 0 saturated carbocycles. The van der Waals surface area contributed by atoms with Crippen LogP contribution in [-0.2, 0) is 33.3 Å². The van der Waals surface area contributed by atoms with E-state index in [1.54, 1.807) is 0 Å². The summed E-state index contributed by atoms with van der Waals surface area (Å²) >= 11 is 0. The number of ether oxygens (including phenoxy) is 5. The predicted molar refractivity (Wildman–Crippen MR) is 72.8 cm³/mol. The van der Waals surface area contributed by atoms with Gasteiger partial charge >= 0.3 is 5.97 Å². The van der Waals surface area contributed by atoms with Gasteiger partial charge in [0.1, 0.15) is 24.4 Å². The van der Waals surface area contributed by atoms with Crippen molar-refractivity contribution in [3.63, 3.8) is 0 Å². The molecule has 5 aliphatic heterocycles. The number of fused-ring (bicyclic) bond motifs is 8. The first-order valence-electron chi connectivity index (χ1n) is 8.16. The van der Waals surface area contributed by atoms with Gasteiger partial charge in [0.2, 0.25) is 0 Å². The summed E-state index contributed by atoms with van der Waals surface area (Å²) in [6.45, 7) is 6.35. The van der Waals surface area contributed by atoms with Crippen LogP contribution in [0.1, 0.15) is 20.8 Å². The lowest BCUT2D eigenvalue weighted by Crippen LogP contribution is -2.55. The van der Waals surface area contributed by atoms with E-state index >= 15 is 0 Å². The van der Waals surface area contributed by atoms with E-state index in [4.69, 9.17) is 28.5 Å². The van der Waals surface area contributed by atoms with Crippen LogP contribution < -0.4 is 0 Å². The van der Waals surface area contributed by atoms with Gasteiger partial charge in [-0.1, -0.05) is 0 Å². The van der Waals surface area contributed by atoms with E-state index in [0.717, 1.165) is 0 Å². The van der Waals surface area contributed by atoms with Gasteiger partial charge in [0.05, 0.1) is 25.1 Å². The van der Waals surface area contributed by atoms with Gasteiger partial charge in [0.25, 0.3) is 0 Å². The minimum Gasteiger partial charge on any atom is -0.457 e. The number of nitrogens with zero attached hydrogens (tertiary/aromatic N) is 1. The highest BCUT2D eigenvalue weighted by Crippen LogP contribution is 2.50. The third-order valence-corrected chi connectivity index (χ3v) is 5.33. The Hall–Kier alpha value is -0.770. The van der Waals surface area contributed by atoms with Crippen LogP contribution >= 0.6 is 0 Å². The van der Waals surface area contributed by atoms with E-state index < -0.39 is 18.2 Å². The van der Waals surface area contributed by atoms with Gasteiger partial charge in [-0.25, -0.2) is 0 Å². The summed E-state index contributed by atoms with van der Waals surface area (Å²) < 4.78 is 29.1. The van der Waals surface area contributed by atoms with Crippen molar-refractivity contribution in [2.24, 2.45) is 5.92 Å². The number of carbonyl (C=O) groups excluding carboxylic acids is 1. The Labute approximate surface area is 133 Å². The molecule has 8 nitrogen and oxygen atoms in total. The van der Waals surface area contributed by atoms with Crippen LogP contribution in [0.3, 0.4) is 0 Å². The summed E-state index contributed by atoms with van der Waals surface area (Å²) in [5.74, 6) is -0.988. The Bertz CT molecular complexity index is 540. The van der Waals surface area contributed by atoms with Crippen LogP contribution in [0.5, 0.6) is 0 Å². The molecular weight excluding hydrogens is 306 g/mol. The Balaban J connectivity index is 1.48. The quantitative estimate of drug-likeness (QED) is 0.613. The highest BCUT2D eigenvalue weighted by molar-refractivity contribution is 5.66. The fraction of sp³-hybridized carbons (Fsp3) is 0.933. The molecule has 8 heteroatoms. The van der Waals surface area contributed by atoms with Gasteiger partial charge in [0.15, 0.2) is 18.2 Å². The van der Waals surface area contributed by atoms with Gasteiger partial charge in [-0.2, -0.15) is 5.06 Å². The van der Waals surface area contributed by atoms with E-state index in [-0.39, 0.29) is 42.3 Å². The SMILES string of the molecule is CC(=O)O[C@H]1[C@@H]2OC[C@@H](O2)[C@H]2ON3C[C@H]4OC(C)(C)O[C@H]4[C@@H]3[C@@H]12. The highest BCUT2D eigenvalue weighted by Gasteiger charge is 2.67. The molecule has 5 aliphatic rings. The van der Waals surface area contributed by atoms with E-state index in [2.05, 4.69) is 0 Å². The molecule has 0 aliphatic carbocycles. The second-order valence-corrected chi connectivity index (χ2v) is 7.33. The molecule has 0 amide bonds. The molecular formula is C15H21NO7. The van der Waals surface area contributed by atoms with E-state index in [1.807, 2.05) is 18.9 Å². The molecule has 128 valence electrons. The number of hydrogen-bond donors (Lipinski definition) is 0. The molecule has 2 bridgehead atoms. The monoisotopic (exact) mass is 327 g/mol. The summed E-state index contributed by atoms with van der Waals surface area (Å²) in [4.78, 5) is 17.7. The van der Waals surface area contributed by atoms with Crippen LogP contribution in [0.2, 0.25) is 0 Å². The molecule has 23 heavy (non-hydrogen) atoms. The number of esters is 1. The summed E-state index contributed by atoms with van der Waals surface area (Å²) in [6, 6.07) is -0.0216. The molecule has 5 saturated heterocycles. The molecule has 0 aromatic rings. The Morgan fingerprint density at radius 1 is 1.22 bits per heavy atom. The lowest BCUT2D eigenvalue weighted by Gasteiger charge is -2.37. The lowest BCUT2D eigenvalue weighted by atomic mass is 9.83. The van der Waals surface area contributed by atoms with Crippen LogP contribution in [0.4, 0.5) is 0 Å². The van der Waals surface area contributed by atoms with Crippen molar-refractivity contribution < 1.29 is 33.3 Å². The maximum Gasteiger partial charge on any atom is 0.303 e. The first-order valence-corrected chi connectivity index (χ1v) is 8.16. The van der Waals surface area contributed by atoms with E-state index in [1.165, 1.54) is 6.92 Å². The molecule has 0 radical (unpaired) electrons. The summed E-state index contributed by atoms with van der Waals surface area (Å²) in [5, 5.41) is 1.93. The topological polar surface area (TPSA) is 75.7 Å². The first-order chi connectivity index (χ1) is 10.9. The number of hydroxylamine groups is 2. The van der Waals surface area contributed by atoms with Gasteiger partial charge in [-0.05, 0) is 13.8 Å². The number of hydrogen-bond acceptors (Lipinski definition) is 8. The Kier molecular flexibility index (Phi) is 2.94. The van der Waals surface area contributed by atoms with Crippen molar-refractivity contribution in [2.45, 2.75) is 69.4 Å². The highest BCUT2D eigenvalue weighted by atomic mass is 16.8. The molecule has 0 unspecified atom stereocenters. The smallest absolute Gasteiger partial charge is 0.303 e. The van der Waals surface area contributed by atoms with Gasteiger partial charge in [0, 0.05) is 6.92 Å². The molecule has 5 fully saturated rings. The van der Waals surface area contributed by atoms with Crippen molar-refractivity contribution >= 4 is 5.97 Å². The summed E-state index contributed by atoms with van der Waals surface area (Å²) in [7, 11) is 0. The minimum absolute atomic E-state index is 0.0216. The molecule has 0 aromatic carbocycles. The minimum atomic E-state index is -0.600. The zero-order valence-corrected chi connectivity index (χ0v) is 13.3. The molecule has 0 aromatic heterocycles. The maximum absolute atomic E-state index is 11.6. The lowest BCUT2D eigenvalue weighted by molar-refractivity contribution is -0.235. The summed E-state index contributed by atoms with van der Waals surface area (Å²) in [5.41, 5.74) is 0. The van der Waals surface area contributed by atoms with Crippen LogP contribution in [0.15, 0.2) is 0 Å². The fourth-order valence-corrected chi connectivity index (χ4v) is 4.69. The zero-order valence-electron chi connectivity index (χ0n) is 13.3. The van der Waals surface area contributed by atoms with Gasteiger partial charge in [-0.15, -0.1) is 0 Å². The van der Waals surface area contributed by atoms with E-state index in [9.17, 15) is 4.79 Å².